The topological polar surface area (TPSA) is 24.7 Å². The van der Waals surface area contributed by atoms with E-state index in [-0.39, 0.29) is 0 Å². The zero-order valence-electron chi connectivity index (χ0n) is 24.5. The Balaban J connectivity index is 0.000000171. The zero-order valence-corrected chi connectivity index (χ0v) is 29.1. The van der Waals surface area contributed by atoms with E-state index >= 15 is 0 Å². The molecule has 6 aromatic carbocycles. The van der Waals surface area contributed by atoms with Gasteiger partial charge >= 0.3 is 0 Å². The molecular weight excluding hydrogens is 585 g/mol. The number of nitrogens with zero attached hydrogens (tertiary/aromatic N) is 2. The zero-order chi connectivity index (χ0) is 29.5. The van der Waals surface area contributed by atoms with Crippen LogP contribution in [0.25, 0.3) is 0 Å². The molecule has 2 nitrogen and oxygen atoms in total. The molecule has 6 heteroatoms. The van der Waals surface area contributed by atoms with Crippen LogP contribution in [-0.4, -0.2) is 35.8 Å². The summed E-state index contributed by atoms with van der Waals surface area (Å²) in [6.45, 7) is 2.33. The normalized spacial score (nSPS) is 11.2. The number of rotatable bonds is 8. The average Bonchev–Trinajstić information content (AvgIpc) is 3.10. The van der Waals surface area contributed by atoms with E-state index in [4.69, 9.17) is 8.60 Å². The SMILES string of the molecule is C[SiH](N=[Si](c1ccccc1)c1ccccc1)c1ccccc1.c1ccc([SiH2]N=[Si](c2ccccc2)c2ccccc2)cc1. The van der Waals surface area contributed by atoms with E-state index in [2.05, 4.69) is 189 Å². The maximum Gasteiger partial charge on any atom is 0.180 e. The molecule has 0 amide bonds. The molecule has 210 valence electrons. The van der Waals surface area contributed by atoms with Crippen LogP contribution in [0.5, 0.6) is 0 Å². The Morgan fingerprint density at radius 2 is 0.744 bits per heavy atom. The highest BCUT2D eigenvalue weighted by Crippen LogP contribution is 1.95. The molecule has 0 N–H and O–H groups in total. The van der Waals surface area contributed by atoms with E-state index in [9.17, 15) is 0 Å². The first kappa shape index (κ1) is 30.3. The van der Waals surface area contributed by atoms with Crippen molar-refractivity contribution in [1.82, 2.24) is 0 Å². The molecule has 0 aromatic heterocycles. The van der Waals surface area contributed by atoms with Gasteiger partial charge in [-0.15, -0.1) is 0 Å². The Bertz CT molecular complexity index is 1630. The Hall–Kier alpha value is -4.21. The molecule has 0 heterocycles. The summed E-state index contributed by atoms with van der Waals surface area (Å²) in [7, 11) is -3.93. The highest BCUT2D eigenvalue weighted by molar-refractivity contribution is 6.84. The van der Waals surface area contributed by atoms with Gasteiger partial charge in [-0.2, -0.15) is 0 Å². The van der Waals surface area contributed by atoms with Crippen LogP contribution in [0.3, 0.4) is 0 Å². The molecular formula is C37H36N2Si4. The highest BCUT2D eigenvalue weighted by atomic mass is 28.3. The maximum atomic E-state index is 5.33. The summed E-state index contributed by atoms with van der Waals surface area (Å²) in [5, 5.41) is 8.31. The Morgan fingerprint density at radius 1 is 0.419 bits per heavy atom. The summed E-state index contributed by atoms with van der Waals surface area (Å²) < 4.78 is 10.5. The lowest BCUT2D eigenvalue weighted by atomic mass is 10.4. The van der Waals surface area contributed by atoms with Crippen molar-refractivity contribution in [3.63, 3.8) is 0 Å². The monoisotopic (exact) mass is 620 g/mol. The van der Waals surface area contributed by atoms with Crippen LogP contribution in [0.4, 0.5) is 0 Å². The van der Waals surface area contributed by atoms with Gasteiger partial charge in [0.2, 0.25) is 0 Å². The second kappa shape index (κ2) is 16.4. The van der Waals surface area contributed by atoms with E-state index < -0.39 is 35.8 Å². The van der Waals surface area contributed by atoms with E-state index in [0.717, 1.165) is 0 Å². The molecule has 0 spiro atoms. The summed E-state index contributed by atoms with van der Waals surface area (Å²) in [4.78, 5) is 0. The molecule has 1 atom stereocenters. The Morgan fingerprint density at radius 3 is 1.14 bits per heavy atom. The van der Waals surface area contributed by atoms with Gasteiger partial charge in [0, 0.05) is 0 Å². The van der Waals surface area contributed by atoms with Gasteiger partial charge in [-0.3, -0.25) is 0 Å². The van der Waals surface area contributed by atoms with Gasteiger partial charge in [0.05, 0.1) is 0 Å². The van der Waals surface area contributed by atoms with Crippen LogP contribution in [0.15, 0.2) is 191 Å². The average molecular weight is 621 g/mol. The Kier molecular flexibility index (Phi) is 11.6. The van der Waals surface area contributed by atoms with Crippen LogP contribution in [-0.2, 0) is 0 Å². The van der Waals surface area contributed by atoms with Crippen molar-refractivity contribution in [1.29, 1.82) is 0 Å². The van der Waals surface area contributed by atoms with E-state index in [1.165, 1.54) is 31.1 Å². The van der Waals surface area contributed by atoms with Crippen molar-refractivity contribution in [2.24, 2.45) is 8.60 Å². The maximum absolute atomic E-state index is 5.33. The predicted molar refractivity (Wildman–Crippen MR) is 194 cm³/mol. The van der Waals surface area contributed by atoms with Gasteiger partial charge < -0.3 is 8.60 Å². The number of hydrogen-bond acceptors (Lipinski definition) is 2. The molecule has 0 aliphatic rings. The van der Waals surface area contributed by atoms with Crippen molar-refractivity contribution in [2.45, 2.75) is 6.55 Å². The minimum absolute atomic E-state index is 0.576. The van der Waals surface area contributed by atoms with E-state index in [0.29, 0.717) is 0 Å². The van der Waals surface area contributed by atoms with Gasteiger partial charge in [-0.05, 0) is 37.7 Å². The summed E-state index contributed by atoms with van der Waals surface area (Å²) in [5.41, 5.74) is 0. The number of benzene rings is 6. The molecule has 6 aromatic rings. The van der Waals surface area contributed by atoms with Crippen LogP contribution in [0.1, 0.15) is 0 Å². The first-order valence-corrected chi connectivity index (χ1v) is 21.2. The predicted octanol–water partition coefficient (Wildman–Crippen LogP) is 3.79. The van der Waals surface area contributed by atoms with Crippen molar-refractivity contribution >= 4 is 66.9 Å². The first-order valence-electron chi connectivity index (χ1n) is 14.7. The van der Waals surface area contributed by atoms with Gasteiger partial charge in [-0.1, -0.05) is 182 Å². The van der Waals surface area contributed by atoms with Crippen molar-refractivity contribution < 1.29 is 0 Å². The molecule has 0 radical (unpaired) electrons. The van der Waals surface area contributed by atoms with Crippen molar-refractivity contribution in [3.8, 4) is 0 Å². The van der Waals surface area contributed by atoms with Crippen LogP contribution in [0.2, 0.25) is 6.55 Å². The minimum atomic E-state index is -1.29. The van der Waals surface area contributed by atoms with E-state index in [1.54, 1.807) is 0 Å². The second-order valence-corrected chi connectivity index (χ2v) is 19.3. The van der Waals surface area contributed by atoms with Gasteiger partial charge in [0.25, 0.3) is 0 Å². The third-order valence-electron chi connectivity index (χ3n) is 7.06. The smallest absolute Gasteiger partial charge is 0.180 e. The minimum Gasteiger partial charge on any atom is -0.361 e. The van der Waals surface area contributed by atoms with Crippen molar-refractivity contribution in [2.75, 3.05) is 0 Å². The van der Waals surface area contributed by atoms with Crippen molar-refractivity contribution in [3.05, 3.63) is 182 Å². The summed E-state index contributed by atoms with van der Waals surface area (Å²) in [5.74, 6) is 0. The highest BCUT2D eigenvalue weighted by Gasteiger charge is 2.12. The fraction of sp³-hybridized carbons (Fsp3) is 0.0270. The largest absolute Gasteiger partial charge is 0.361 e. The Labute approximate surface area is 263 Å². The molecule has 43 heavy (non-hydrogen) atoms. The van der Waals surface area contributed by atoms with Gasteiger partial charge in [0.1, 0.15) is 0 Å². The standard InChI is InChI=1S/C19H19NSi2.C18H17NSi2/c1-21(17-11-5-2-6-12-17)20-22(18-13-7-3-8-14-18)19-15-9-4-10-16-19;1-4-10-16(11-5-1)20-19-21(17-12-6-2-7-13-17)18-14-8-3-9-15-18/h2-16,21H,1H3;1-15H,20H2. The number of hydrogen-bond donors (Lipinski definition) is 0. The van der Waals surface area contributed by atoms with Crippen LogP contribution >= 0.6 is 0 Å². The van der Waals surface area contributed by atoms with Gasteiger partial charge in [-0.25, -0.2) is 0 Å². The molecule has 1 unspecified atom stereocenters. The fourth-order valence-corrected chi connectivity index (χ4v) is 14.9. The molecule has 0 aliphatic carbocycles. The third kappa shape index (κ3) is 9.13. The molecule has 0 aliphatic heterocycles. The fourth-order valence-electron chi connectivity index (χ4n) is 4.80. The third-order valence-corrected chi connectivity index (χ3v) is 17.2. The summed E-state index contributed by atoms with van der Waals surface area (Å²) in [6, 6.07) is 64.4. The van der Waals surface area contributed by atoms with Crippen LogP contribution < -0.4 is 31.1 Å². The molecule has 0 saturated heterocycles. The quantitative estimate of drug-likeness (QED) is 0.232. The second-order valence-electron chi connectivity index (χ2n) is 10.2. The molecule has 0 saturated carbocycles. The molecule has 0 fully saturated rings. The lowest BCUT2D eigenvalue weighted by Crippen LogP contribution is -2.38. The summed E-state index contributed by atoms with van der Waals surface area (Å²) >= 11 is 0. The van der Waals surface area contributed by atoms with Crippen LogP contribution in [0, 0.1) is 0 Å². The summed E-state index contributed by atoms with van der Waals surface area (Å²) in [6.07, 6.45) is 0. The molecule has 6 rings (SSSR count). The lowest BCUT2D eigenvalue weighted by molar-refractivity contribution is 1.67. The lowest BCUT2D eigenvalue weighted by Gasteiger charge is -2.11. The first-order chi connectivity index (χ1) is 21.3. The molecule has 0 bridgehead atoms. The van der Waals surface area contributed by atoms with Gasteiger partial charge in [0.15, 0.2) is 35.8 Å². The van der Waals surface area contributed by atoms with E-state index in [1.807, 2.05) is 0 Å².